The summed E-state index contributed by atoms with van der Waals surface area (Å²) in [6, 6.07) is 76.7. The SMILES string of the molecule is N#Cc1ccc(-c2ccc(-c3cccc4c3-c3ccc(-c5nc(-c6ccccc6)cc(-c6ccccc6)n5)cc3C43c4ccccc4Oc4ccccc43)c3ccccc23)cc1. The summed E-state index contributed by atoms with van der Waals surface area (Å²) in [4.78, 5) is 10.6. The van der Waals surface area contributed by atoms with Crippen LogP contribution < -0.4 is 4.74 Å². The van der Waals surface area contributed by atoms with E-state index in [1.807, 2.05) is 36.4 Å². The molecule has 9 aromatic carbocycles. The van der Waals surface area contributed by atoms with E-state index in [-0.39, 0.29) is 0 Å². The molecule has 2 aliphatic rings. The quantitative estimate of drug-likeness (QED) is 0.174. The highest BCUT2D eigenvalue weighted by atomic mass is 16.5. The maximum absolute atomic E-state index is 9.50. The first-order chi connectivity index (χ1) is 30.7. The van der Waals surface area contributed by atoms with Gasteiger partial charge in [0, 0.05) is 27.8 Å². The summed E-state index contributed by atoms with van der Waals surface area (Å²) in [5.41, 5.74) is 16.1. The van der Waals surface area contributed by atoms with Crippen molar-refractivity contribution in [2.75, 3.05) is 0 Å². The van der Waals surface area contributed by atoms with Gasteiger partial charge in [-0.15, -0.1) is 0 Å². The molecular formula is C58H35N3O. The zero-order valence-corrected chi connectivity index (χ0v) is 33.5. The normalized spacial score (nSPS) is 12.8. The highest BCUT2D eigenvalue weighted by molar-refractivity contribution is 6.09. The molecule has 0 bridgehead atoms. The van der Waals surface area contributed by atoms with Crippen LogP contribution in [0, 0.1) is 11.3 Å². The lowest BCUT2D eigenvalue weighted by Gasteiger charge is -2.39. The van der Waals surface area contributed by atoms with Crippen molar-refractivity contribution in [2.45, 2.75) is 5.41 Å². The number of nitriles is 1. The first-order valence-electron chi connectivity index (χ1n) is 20.9. The highest BCUT2D eigenvalue weighted by Crippen LogP contribution is 2.64. The Labute approximate surface area is 359 Å². The minimum absolute atomic E-state index is 0.647. The Balaban J connectivity index is 1.14. The molecule has 12 rings (SSSR count). The van der Waals surface area contributed by atoms with E-state index >= 15 is 0 Å². The van der Waals surface area contributed by atoms with Gasteiger partial charge in [-0.2, -0.15) is 5.26 Å². The molecule has 0 atom stereocenters. The second kappa shape index (κ2) is 14.1. The molecule has 0 radical (unpaired) electrons. The molecule has 0 fully saturated rings. The molecule has 2 heterocycles. The Morgan fingerprint density at radius 1 is 0.387 bits per heavy atom. The van der Waals surface area contributed by atoms with E-state index < -0.39 is 5.41 Å². The second-order valence-corrected chi connectivity index (χ2v) is 15.9. The van der Waals surface area contributed by atoms with Crippen LogP contribution in [-0.2, 0) is 5.41 Å². The molecule has 4 heteroatoms. The minimum Gasteiger partial charge on any atom is -0.457 e. The lowest BCUT2D eigenvalue weighted by Crippen LogP contribution is -2.32. The summed E-state index contributed by atoms with van der Waals surface area (Å²) in [5, 5.41) is 11.8. The van der Waals surface area contributed by atoms with E-state index in [1.165, 1.54) is 11.1 Å². The topological polar surface area (TPSA) is 58.8 Å². The molecule has 1 aliphatic heterocycles. The van der Waals surface area contributed by atoms with Gasteiger partial charge in [-0.3, -0.25) is 0 Å². The smallest absolute Gasteiger partial charge is 0.160 e. The van der Waals surface area contributed by atoms with Crippen LogP contribution in [0.3, 0.4) is 0 Å². The molecule has 0 N–H and O–H groups in total. The van der Waals surface area contributed by atoms with Gasteiger partial charge in [-0.1, -0.05) is 176 Å². The Hall–Kier alpha value is -8.39. The zero-order valence-electron chi connectivity index (χ0n) is 33.5. The lowest BCUT2D eigenvalue weighted by molar-refractivity contribution is 0.436. The van der Waals surface area contributed by atoms with Gasteiger partial charge in [0.25, 0.3) is 0 Å². The number of para-hydroxylation sites is 2. The van der Waals surface area contributed by atoms with E-state index in [0.29, 0.717) is 11.4 Å². The molecule has 1 aliphatic carbocycles. The predicted octanol–water partition coefficient (Wildman–Crippen LogP) is 14.3. The van der Waals surface area contributed by atoms with Crippen molar-refractivity contribution in [1.82, 2.24) is 9.97 Å². The van der Waals surface area contributed by atoms with E-state index in [2.05, 4.69) is 182 Å². The highest BCUT2D eigenvalue weighted by Gasteiger charge is 2.52. The molecular weight excluding hydrogens is 755 g/mol. The third-order valence-electron chi connectivity index (χ3n) is 12.6. The molecule has 1 aromatic heterocycles. The summed E-state index contributed by atoms with van der Waals surface area (Å²) in [7, 11) is 0. The number of fused-ring (bicyclic) bond motifs is 10. The Kier molecular flexibility index (Phi) is 8.10. The van der Waals surface area contributed by atoms with Gasteiger partial charge >= 0.3 is 0 Å². The molecule has 0 saturated carbocycles. The maximum Gasteiger partial charge on any atom is 0.160 e. The van der Waals surface area contributed by atoms with E-state index in [4.69, 9.17) is 14.7 Å². The lowest BCUT2D eigenvalue weighted by atomic mass is 9.66. The van der Waals surface area contributed by atoms with Gasteiger partial charge in [0.2, 0.25) is 0 Å². The maximum atomic E-state index is 9.50. The standard InChI is InChI=1S/C58H35N3O/c59-36-37-26-28-38(29-27-37)42-32-33-45(44-19-8-7-18-43(42)44)46-20-13-23-50-56(46)47-31-30-41(34-51(47)58(50)48-21-9-11-24-54(48)62-55-25-12-10-22-49(55)58)57-60-52(39-14-3-1-4-15-39)35-53(61-57)40-16-5-2-6-17-40/h1-35H. The van der Waals surface area contributed by atoms with Crippen LogP contribution in [0.4, 0.5) is 0 Å². The summed E-state index contributed by atoms with van der Waals surface area (Å²) in [6.07, 6.45) is 0. The number of benzene rings is 9. The van der Waals surface area contributed by atoms with Crippen LogP contribution in [0.15, 0.2) is 212 Å². The van der Waals surface area contributed by atoms with Gasteiger partial charge in [0.15, 0.2) is 5.82 Å². The second-order valence-electron chi connectivity index (χ2n) is 15.9. The number of hydrogen-bond donors (Lipinski definition) is 0. The van der Waals surface area contributed by atoms with E-state index in [1.54, 1.807) is 0 Å². The van der Waals surface area contributed by atoms with Crippen molar-refractivity contribution in [2.24, 2.45) is 0 Å². The third-order valence-corrected chi connectivity index (χ3v) is 12.6. The predicted molar refractivity (Wildman–Crippen MR) is 249 cm³/mol. The van der Waals surface area contributed by atoms with Crippen LogP contribution in [0.25, 0.3) is 78.1 Å². The summed E-state index contributed by atoms with van der Waals surface area (Å²) in [5.74, 6) is 2.34. The Morgan fingerprint density at radius 2 is 0.919 bits per heavy atom. The van der Waals surface area contributed by atoms with Gasteiger partial charge in [0.05, 0.1) is 28.4 Å². The van der Waals surface area contributed by atoms with Gasteiger partial charge < -0.3 is 4.74 Å². The average molecular weight is 790 g/mol. The number of ether oxygens (including phenoxy) is 1. The van der Waals surface area contributed by atoms with Crippen molar-refractivity contribution in [3.05, 3.63) is 240 Å². The van der Waals surface area contributed by atoms with Crippen LogP contribution >= 0.6 is 0 Å². The van der Waals surface area contributed by atoms with Crippen molar-refractivity contribution in [3.63, 3.8) is 0 Å². The van der Waals surface area contributed by atoms with Crippen molar-refractivity contribution >= 4 is 10.8 Å². The van der Waals surface area contributed by atoms with Crippen LogP contribution in [0.5, 0.6) is 11.5 Å². The molecule has 0 unspecified atom stereocenters. The van der Waals surface area contributed by atoms with Crippen molar-refractivity contribution in [3.8, 4) is 84.9 Å². The fourth-order valence-corrected chi connectivity index (χ4v) is 9.91. The molecule has 4 nitrogen and oxygen atoms in total. The van der Waals surface area contributed by atoms with Crippen LogP contribution in [-0.4, -0.2) is 9.97 Å². The molecule has 62 heavy (non-hydrogen) atoms. The van der Waals surface area contributed by atoms with Gasteiger partial charge in [-0.05, 0) is 91.7 Å². The molecule has 288 valence electrons. The number of hydrogen-bond acceptors (Lipinski definition) is 4. The Morgan fingerprint density at radius 3 is 1.56 bits per heavy atom. The summed E-state index contributed by atoms with van der Waals surface area (Å²) >= 11 is 0. The van der Waals surface area contributed by atoms with Gasteiger partial charge in [-0.25, -0.2) is 9.97 Å². The van der Waals surface area contributed by atoms with Crippen LogP contribution in [0.2, 0.25) is 0 Å². The minimum atomic E-state index is -0.709. The first kappa shape index (κ1) is 35.5. The van der Waals surface area contributed by atoms with Crippen molar-refractivity contribution in [1.29, 1.82) is 5.26 Å². The van der Waals surface area contributed by atoms with Crippen molar-refractivity contribution < 1.29 is 4.74 Å². The van der Waals surface area contributed by atoms with Crippen LogP contribution in [0.1, 0.15) is 27.8 Å². The average Bonchev–Trinajstić information content (AvgIpc) is 3.64. The molecule has 0 saturated heterocycles. The fraction of sp³-hybridized carbons (Fsp3) is 0.0172. The molecule has 0 amide bonds. The molecule has 10 aromatic rings. The summed E-state index contributed by atoms with van der Waals surface area (Å²) < 4.78 is 6.74. The monoisotopic (exact) mass is 789 g/mol. The first-order valence-corrected chi connectivity index (χ1v) is 20.9. The van der Waals surface area contributed by atoms with E-state index in [0.717, 1.165) is 94.9 Å². The van der Waals surface area contributed by atoms with E-state index in [9.17, 15) is 5.26 Å². The number of aromatic nitrogens is 2. The number of nitrogens with zero attached hydrogens (tertiary/aromatic N) is 3. The summed E-state index contributed by atoms with van der Waals surface area (Å²) in [6.45, 7) is 0. The fourth-order valence-electron chi connectivity index (χ4n) is 9.91. The Bertz CT molecular complexity index is 3340. The third kappa shape index (κ3) is 5.39. The zero-order chi connectivity index (χ0) is 41.2. The van der Waals surface area contributed by atoms with Gasteiger partial charge in [0.1, 0.15) is 11.5 Å². The number of rotatable bonds is 5. The largest absolute Gasteiger partial charge is 0.457 e. The molecule has 1 spiro atoms.